The summed E-state index contributed by atoms with van der Waals surface area (Å²) in [5.41, 5.74) is 0.355. The minimum atomic E-state index is -2.58. The van der Waals surface area contributed by atoms with Crippen molar-refractivity contribution >= 4 is 29.3 Å². The highest BCUT2D eigenvalue weighted by Crippen LogP contribution is 2.34. The van der Waals surface area contributed by atoms with Crippen molar-refractivity contribution in [3.63, 3.8) is 0 Å². The third-order valence-electron chi connectivity index (χ3n) is 3.19. The molecule has 1 aliphatic heterocycles. The summed E-state index contributed by atoms with van der Waals surface area (Å²) in [7, 11) is 0. The van der Waals surface area contributed by atoms with E-state index in [0.29, 0.717) is 17.4 Å². The molecule has 0 spiro atoms. The summed E-state index contributed by atoms with van der Waals surface area (Å²) in [4.78, 5) is 25.8. The second-order valence-electron chi connectivity index (χ2n) is 5.06. The van der Waals surface area contributed by atoms with Crippen molar-refractivity contribution in [3.05, 3.63) is 24.3 Å². The van der Waals surface area contributed by atoms with Gasteiger partial charge in [0.25, 0.3) is 5.76 Å². The second kappa shape index (κ2) is 6.43. The van der Waals surface area contributed by atoms with Crippen LogP contribution in [0.25, 0.3) is 0 Å². The van der Waals surface area contributed by atoms with Gasteiger partial charge in [-0.1, -0.05) is 37.7 Å². The normalized spacial score (nSPS) is 19.3. The van der Waals surface area contributed by atoms with E-state index in [1.807, 2.05) is 13.8 Å². The molecule has 1 aromatic rings. The molecule has 1 unspecified atom stereocenters. The summed E-state index contributed by atoms with van der Waals surface area (Å²) >= 11 is 0.373. The molecule has 0 bridgehead atoms. The summed E-state index contributed by atoms with van der Waals surface area (Å²) in [6.07, 6.45) is 0. The molecular formula is C14H16F2N2O2S. The third-order valence-corrected chi connectivity index (χ3v) is 3.97. The van der Waals surface area contributed by atoms with Gasteiger partial charge in [0.15, 0.2) is 0 Å². The number of amides is 2. The Morgan fingerprint density at radius 3 is 2.57 bits per heavy atom. The minimum absolute atomic E-state index is 0.0702. The standard InChI is InChI=1S/C14H16F2N2O2S/c1-8(2)12-13(20)18(7-11(19)17-12)9-5-3-4-6-10(9)21-14(15)16/h3-6,8,12,14H,7H2,1-2H3,(H,17,19). The van der Waals surface area contributed by atoms with Crippen LogP contribution in [0.4, 0.5) is 14.5 Å². The van der Waals surface area contributed by atoms with E-state index in [9.17, 15) is 18.4 Å². The van der Waals surface area contributed by atoms with Crippen LogP contribution in [0.3, 0.4) is 0 Å². The number of carbonyl (C=O) groups excluding carboxylic acids is 2. The van der Waals surface area contributed by atoms with Crippen LogP contribution < -0.4 is 10.2 Å². The van der Waals surface area contributed by atoms with Gasteiger partial charge in [-0.3, -0.25) is 9.59 Å². The third kappa shape index (κ3) is 3.53. The molecule has 21 heavy (non-hydrogen) atoms. The average molecular weight is 314 g/mol. The van der Waals surface area contributed by atoms with E-state index < -0.39 is 11.8 Å². The number of nitrogens with one attached hydrogen (secondary N) is 1. The van der Waals surface area contributed by atoms with Crippen molar-refractivity contribution in [1.82, 2.24) is 5.32 Å². The smallest absolute Gasteiger partial charge is 0.288 e. The molecule has 0 saturated carbocycles. The van der Waals surface area contributed by atoms with E-state index in [2.05, 4.69) is 5.32 Å². The number of carbonyl (C=O) groups is 2. The van der Waals surface area contributed by atoms with Crippen molar-refractivity contribution in [3.8, 4) is 0 Å². The fourth-order valence-electron chi connectivity index (χ4n) is 2.20. The maximum Gasteiger partial charge on any atom is 0.288 e. The molecular weight excluding hydrogens is 298 g/mol. The van der Waals surface area contributed by atoms with Crippen molar-refractivity contribution in [2.45, 2.75) is 30.5 Å². The van der Waals surface area contributed by atoms with Gasteiger partial charge in [0.1, 0.15) is 12.6 Å². The lowest BCUT2D eigenvalue weighted by molar-refractivity contribution is -0.132. The average Bonchev–Trinajstić information content (AvgIpc) is 2.41. The molecule has 0 aromatic heterocycles. The van der Waals surface area contributed by atoms with Gasteiger partial charge >= 0.3 is 0 Å². The van der Waals surface area contributed by atoms with E-state index in [0.717, 1.165) is 0 Å². The zero-order valence-corrected chi connectivity index (χ0v) is 12.5. The molecule has 1 N–H and O–H groups in total. The Labute approximate surface area is 125 Å². The van der Waals surface area contributed by atoms with Gasteiger partial charge in [-0.2, -0.15) is 8.78 Å². The monoisotopic (exact) mass is 314 g/mol. The van der Waals surface area contributed by atoms with Crippen LogP contribution in [-0.2, 0) is 9.59 Å². The number of nitrogens with zero attached hydrogens (tertiary/aromatic N) is 1. The quantitative estimate of drug-likeness (QED) is 0.869. The number of para-hydroxylation sites is 1. The van der Waals surface area contributed by atoms with E-state index in [1.165, 1.54) is 11.0 Å². The van der Waals surface area contributed by atoms with Gasteiger partial charge in [0.2, 0.25) is 11.8 Å². The van der Waals surface area contributed by atoms with Crippen LogP contribution in [0, 0.1) is 5.92 Å². The fraction of sp³-hybridized carbons (Fsp3) is 0.429. The van der Waals surface area contributed by atoms with Crippen LogP contribution in [-0.4, -0.2) is 30.2 Å². The topological polar surface area (TPSA) is 49.4 Å². The molecule has 1 saturated heterocycles. The minimum Gasteiger partial charge on any atom is -0.342 e. The lowest BCUT2D eigenvalue weighted by Gasteiger charge is -2.35. The molecule has 1 fully saturated rings. The first-order valence-corrected chi connectivity index (χ1v) is 7.42. The van der Waals surface area contributed by atoms with Gasteiger partial charge in [-0.25, -0.2) is 0 Å². The molecule has 1 aliphatic rings. The number of hydrogen-bond donors (Lipinski definition) is 1. The predicted molar refractivity (Wildman–Crippen MR) is 77.4 cm³/mol. The van der Waals surface area contributed by atoms with E-state index in [4.69, 9.17) is 0 Å². The van der Waals surface area contributed by atoms with Crippen LogP contribution in [0.15, 0.2) is 29.2 Å². The molecule has 1 heterocycles. The molecule has 7 heteroatoms. The van der Waals surface area contributed by atoms with Crippen molar-refractivity contribution in [2.24, 2.45) is 5.92 Å². The summed E-state index contributed by atoms with van der Waals surface area (Å²) in [6.45, 7) is 3.50. The first-order valence-electron chi connectivity index (χ1n) is 6.54. The largest absolute Gasteiger partial charge is 0.342 e. The van der Waals surface area contributed by atoms with E-state index in [-0.39, 0.29) is 29.2 Å². The lowest BCUT2D eigenvalue weighted by Crippen LogP contribution is -2.60. The van der Waals surface area contributed by atoms with E-state index >= 15 is 0 Å². The maximum absolute atomic E-state index is 12.6. The van der Waals surface area contributed by atoms with E-state index in [1.54, 1.807) is 18.2 Å². The Kier molecular flexibility index (Phi) is 4.82. The number of hydrogen-bond acceptors (Lipinski definition) is 3. The number of thioether (sulfide) groups is 1. The van der Waals surface area contributed by atoms with Crippen LogP contribution in [0.1, 0.15) is 13.8 Å². The van der Waals surface area contributed by atoms with Gasteiger partial charge in [0, 0.05) is 4.90 Å². The van der Waals surface area contributed by atoms with Gasteiger partial charge < -0.3 is 10.2 Å². The number of benzene rings is 1. The van der Waals surface area contributed by atoms with Crippen LogP contribution >= 0.6 is 11.8 Å². The molecule has 1 atom stereocenters. The molecule has 1 aromatic carbocycles. The Balaban J connectivity index is 2.36. The highest BCUT2D eigenvalue weighted by Gasteiger charge is 2.36. The summed E-state index contributed by atoms with van der Waals surface area (Å²) < 4.78 is 25.3. The highest BCUT2D eigenvalue weighted by atomic mass is 32.2. The Morgan fingerprint density at radius 2 is 1.95 bits per heavy atom. The molecule has 0 radical (unpaired) electrons. The second-order valence-corrected chi connectivity index (χ2v) is 6.09. The number of anilines is 1. The van der Waals surface area contributed by atoms with Crippen LogP contribution in [0.5, 0.6) is 0 Å². The summed E-state index contributed by atoms with van der Waals surface area (Å²) in [6, 6.07) is 5.77. The number of halogens is 2. The number of piperazine rings is 1. The molecule has 4 nitrogen and oxygen atoms in total. The zero-order chi connectivity index (χ0) is 15.6. The highest BCUT2D eigenvalue weighted by molar-refractivity contribution is 7.99. The Hall–Kier alpha value is -1.63. The Morgan fingerprint density at radius 1 is 1.29 bits per heavy atom. The zero-order valence-electron chi connectivity index (χ0n) is 11.7. The van der Waals surface area contributed by atoms with Crippen molar-refractivity contribution in [1.29, 1.82) is 0 Å². The molecule has 2 rings (SSSR count). The van der Waals surface area contributed by atoms with Gasteiger partial charge in [0.05, 0.1) is 5.69 Å². The summed E-state index contributed by atoms with van der Waals surface area (Å²) in [5.74, 6) is -3.21. The first kappa shape index (κ1) is 15.8. The molecule has 0 aliphatic carbocycles. The fourth-order valence-corrected chi connectivity index (χ4v) is 2.85. The number of alkyl halides is 2. The SMILES string of the molecule is CC(C)C1NC(=O)CN(c2ccccc2SC(F)F)C1=O. The van der Waals surface area contributed by atoms with Gasteiger partial charge in [-0.05, 0) is 18.1 Å². The summed E-state index contributed by atoms with van der Waals surface area (Å²) in [5, 5.41) is 2.64. The number of rotatable bonds is 4. The van der Waals surface area contributed by atoms with Gasteiger partial charge in [-0.15, -0.1) is 0 Å². The van der Waals surface area contributed by atoms with Crippen LogP contribution in [0.2, 0.25) is 0 Å². The first-order chi connectivity index (χ1) is 9.90. The lowest BCUT2D eigenvalue weighted by atomic mass is 10.0. The van der Waals surface area contributed by atoms with Crippen molar-refractivity contribution < 1.29 is 18.4 Å². The molecule has 2 amide bonds. The predicted octanol–water partition coefficient (Wildman–Crippen LogP) is 2.49. The maximum atomic E-state index is 12.6. The molecule has 114 valence electrons. The Bertz CT molecular complexity index is 552. The van der Waals surface area contributed by atoms with Crippen molar-refractivity contribution in [2.75, 3.05) is 11.4 Å².